The molecule has 2 aromatic rings. The summed E-state index contributed by atoms with van der Waals surface area (Å²) in [5.74, 6) is 0.894. The number of halogens is 2. The molecule has 24 heavy (non-hydrogen) atoms. The molecule has 0 aliphatic heterocycles. The molecule has 0 aliphatic carbocycles. The first-order valence-electron chi connectivity index (χ1n) is 7.67. The van der Waals surface area contributed by atoms with Crippen LogP contribution >= 0.6 is 24.8 Å². The number of amides is 1. The van der Waals surface area contributed by atoms with Crippen molar-refractivity contribution in [3.63, 3.8) is 0 Å². The molecule has 0 fully saturated rings. The molecule has 0 saturated carbocycles. The highest BCUT2D eigenvalue weighted by Crippen LogP contribution is 2.05. The van der Waals surface area contributed by atoms with Crippen LogP contribution in [0.1, 0.15) is 18.3 Å². The van der Waals surface area contributed by atoms with Gasteiger partial charge in [0.1, 0.15) is 5.82 Å². The van der Waals surface area contributed by atoms with Gasteiger partial charge in [0.25, 0.3) is 0 Å². The molecule has 2 N–H and O–H groups in total. The highest BCUT2D eigenvalue weighted by atomic mass is 35.5. The molecular weight excluding hydrogens is 347 g/mol. The van der Waals surface area contributed by atoms with Gasteiger partial charge in [0, 0.05) is 31.4 Å². The van der Waals surface area contributed by atoms with Crippen molar-refractivity contribution in [1.29, 1.82) is 0 Å². The van der Waals surface area contributed by atoms with Crippen molar-refractivity contribution in [2.45, 2.75) is 26.4 Å². The number of aromatic nitrogens is 2. The predicted molar refractivity (Wildman–Crippen MR) is 102 cm³/mol. The quantitative estimate of drug-likeness (QED) is 0.747. The minimum atomic E-state index is -0.0438. The number of nitrogens with one attached hydrogen (secondary N) is 2. The van der Waals surface area contributed by atoms with E-state index >= 15 is 0 Å². The fraction of sp³-hybridized carbons (Fsp3) is 0.412. The Morgan fingerprint density at radius 1 is 1.25 bits per heavy atom. The van der Waals surface area contributed by atoms with E-state index in [9.17, 15) is 4.79 Å². The van der Waals surface area contributed by atoms with Gasteiger partial charge in [0.2, 0.25) is 5.91 Å². The topological polar surface area (TPSA) is 59.0 Å². The monoisotopic (exact) mass is 372 g/mol. The molecule has 0 spiro atoms. The fourth-order valence-corrected chi connectivity index (χ4v) is 2.34. The van der Waals surface area contributed by atoms with E-state index in [1.165, 1.54) is 5.56 Å². The van der Waals surface area contributed by atoms with Crippen molar-refractivity contribution in [2.24, 2.45) is 5.92 Å². The SMILES string of the molecule is CNCC(C)C(=O)NCc1nccn1CCc1ccccc1.Cl.Cl. The Hall–Kier alpha value is -1.56. The van der Waals surface area contributed by atoms with E-state index in [1.807, 2.05) is 38.4 Å². The molecule has 0 saturated heterocycles. The zero-order chi connectivity index (χ0) is 15.8. The minimum absolute atomic E-state index is 0. The number of carbonyl (C=O) groups is 1. The molecular formula is C17H26Cl2N4O. The summed E-state index contributed by atoms with van der Waals surface area (Å²) in [6.45, 7) is 3.91. The maximum Gasteiger partial charge on any atom is 0.224 e. The lowest BCUT2D eigenvalue weighted by atomic mass is 10.1. The molecule has 7 heteroatoms. The van der Waals surface area contributed by atoms with Crippen LogP contribution in [0.2, 0.25) is 0 Å². The molecule has 1 atom stereocenters. The van der Waals surface area contributed by atoms with E-state index in [-0.39, 0.29) is 36.6 Å². The van der Waals surface area contributed by atoms with E-state index in [0.717, 1.165) is 18.8 Å². The third-order valence-electron chi connectivity index (χ3n) is 3.66. The molecule has 2 rings (SSSR count). The summed E-state index contributed by atoms with van der Waals surface area (Å²) in [5, 5.41) is 5.96. The van der Waals surface area contributed by atoms with Gasteiger partial charge in [0.05, 0.1) is 6.54 Å². The molecule has 134 valence electrons. The van der Waals surface area contributed by atoms with E-state index in [4.69, 9.17) is 0 Å². The number of hydrogen-bond acceptors (Lipinski definition) is 3. The Balaban J connectivity index is 0.00000264. The number of hydrogen-bond donors (Lipinski definition) is 2. The number of nitrogens with zero attached hydrogens (tertiary/aromatic N) is 2. The zero-order valence-corrected chi connectivity index (χ0v) is 15.7. The van der Waals surface area contributed by atoms with Crippen LogP contribution < -0.4 is 10.6 Å². The summed E-state index contributed by atoms with van der Waals surface area (Å²) >= 11 is 0. The number of benzene rings is 1. The molecule has 5 nitrogen and oxygen atoms in total. The predicted octanol–water partition coefficient (Wildman–Crippen LogP) is 2.44. The summed E-state index contributed by atoms with van der Waals surface area (Å²) in [4.78, 5) is 16.3. The first-order chi connectivity index (χ1) is 10.7. The van der Waals surface area contributed by atoms with Crippen molar-refractivity contribution >= 4 is 30.7 Å². The first-order valence-corrected chi connectivity index (χ1v) is 7.67. The molecule has 1 unspecified atom stereocenters. The molecule has 0 radical (unpaired) electrons. The number of rotatable bonds is 8. The lowest BCUT2D eigenvalue weighted by molar-refractivity contribution is -0.124. The average Bonchev–Trinajstić information content (AvgIpc) is 2.99. The molecule has 1 heterocycles. The van der Waals surface area contributed by atoms with Gasteiger partial charge in [-0.25, -0.2) is 4.98 Å². The van der Waals surface area contributed by atoms with Crippen LogP contribution in [0, 0.1) is 5.92 Å². The average molecular weight is 373 g/mol. The first kappa shape index (κ1) is 22.4. The third-order valence-corrected chi connectivity index (χ3v) is 3.66. The van der Waals surface area contributed by atoms with Gasteiger partial charge in [-0.2, -0.15) is 0 Å². The third kappa shape index (κ3) is 6.91. The van der Waals surface area contributed by atoms with Crippen molar-refractivity contribution in [3.05, 3.63) is 54.1 Å². The summed E-state index contributed by atoms with van der Waals surface area (Å²) in [6, 6.07) is 10.4. The van der Waals surface area contributed by atoms with E-state index in [2.05, 4.69) is 32.3 Å². The zero-order valence-electron chi connectivity index (χ0n) is 14.1. The Labute approximate surface area is 156 Å². The Morgan fingerprint density at radius 2 is 1.96 bits per heavy atom. The highest BCUT2D eigenvalue weighted by molar-refractivity contribution is 5.85. The Kier molecular flexibility index (Phi) is 11.1. The number of aryl methyl sites for hydroxylation is 2. The van der Waals surface area contributed by atoms with Crippen molar-refractivity contribution < 1.29 is 4.79 Å². The second kappa shape index (κ2) is 11.9. The van der Waals surface area contributed by atoms with Crippen LogP contribution in [0.25, 0.3) is 0 Å². The summed E-state index contributed by atoms with van der Waals surface area (Å²) in [5.41, 5.74) is 1.30. The van der Waals surface area contributed by atoms with E-state index in [1.54, 1.807) is 6.20 Å². The molecule has 0 bridgehead atoms. The van der Waals surface area contributed by atoms with Crippen molar-refractivity contribution in [3.8, 4) is 0 Å². The molecule has 0 aliphatic rings. The number of imidazole rings is 1. The molecule has 1 aromatic heterocycles. The van der Waals surface area contributed by atoms with Crippen LogP contribution in [0.5, 0.6) is 0 Å². The standard InChI is InChI=1S/C17H24N4O.2ClH/c1-14(12-18-2)17(22)20-13-16-19-9-11-21(16)10-8-15-6-4-3-5-7-15;;/h3-7,9,11,14,18H,8,10,12-13H2,1-2H3,(H,20,22);2*1H. The van der Waals surface area contributed by atoms with Gasteiger partial charge >= 0.3 is 0 Å². The van der Waals surface area contributed by atoms with Gasteiger partial charge in [-0.1, -0.05) is 37.3 Å². The summed E-state index contributed by atoms with van der Waals surface area (Å²) in [7, 11) is 1.85. The Morgan fingerprint density at radius 3 is 2.62 bits per heavy atom. The maximum atomic E-state index is 11.9. The van der Waals surface area contributed by atoms with Gasteiger partial charge in [-0.3, -0.25) is 4.79 Å². The lowest BCUT2D eigenvalue weighted by Gasteiger charge is -2.12. The summed E-state index contributed by atoms with van der Waals surface area (Å²) in [6.07, 6.45) is 4.69. The van der Waals surface area contributed by atoms with Gasteiger partial charge in [-0.15, -0.1) is 24.8 Å². The van der Waals surface area contributed by atoms with Crippen molar-refractivity contribution in [2.75, 3.05) is 13.6 Å². The second-order valence-electron chi connectivity index (χ2n) is 5.45. The number of carbonyl (C=O) groups excluding carboxylic acids is 1. The van der Waals surface area contributed by atoms with E-state index < -0.39 is 0 Å². The highest BCUT2D eigenvalue weighted by Gasteiger charge is 2.12. The fourth-order valence-electron chi connectivity index (χ4n) is 2.34. The van der Waals surface area contributed by atoms with Gasteiger partial charge in [0.15, 0.2) is 0 Å². The van der Waals surface area contributed by atoms with Crippen LogP contribution in [0.4, 0.5) is 0 Å². The largest absolute Gasteiger partial charge is 0.349 e. The molecule has 1 aromatic carbocycles. The lowest BCUT2D eigenvalue weighted by Crippen LogP contribution is -2.34. The van der Waals surface area contributed by atoms with Gasteiger partial charge in [-0.05, 0) is 19.0 Å². The van der Waals surface area contributed by atoms with Crippen LogP contribution in [-0.4, -0.2) is 29.1 Å². The van der Waals surface area contributed by atoms with E-state index in [0.29, 0.717) is 13.1 Å². The molecule has 1 amide bonds. The van der Waals surface area contributed by atoms with Crippen molar-refractivity contribution in [1.82, 2.24) is 20.2 Å². The second-order valence-corrected chi connectivity index (χ2v) is 5.45. The smallest absolute Gasteiger partial charge is 0.224 e. The summed E-state index contributed by atoms with van der Waals surface area (Å²) < 4.78 is 2.09. The van der Waals surface area contributed by atoms with Crippen LogP contribution in [0.3, 0.4) is 0 Å². The normalized spacial score (nSPS) is 11.1. The van der Waals surface area contributed by atoms with Gasteiger partial charge < -0.3 is 15.2 Å². The van der Waals surface area contributed by atoms with Crippen LogP contribution in [-0.2, 0) is 24.3 Å². The Bertz CT molecular complexity index is 589. The van der Waals surface area contributed by atoms with Crippen LogP contribution in [0.15, 0.2) is 42.7 Å². The maximum absolute atomic E-state index is 11.9. The minimum Gasteiger partial charge on any atom is -0.349 e.